The van der Waals surface area contributed by atoms with Crippen LogP contribution in [0.4, 0.5) is 0 Å². The minimum atomic E-state index is -0.168. The second-order valence-corrected chi connectivity index (χ2v) is 4.61. The summed E-state index contributed by atoms with van der Waals surface area (Å²) in [6.45, 7) is 3.88. The maximum atomic E-state index is 8.55. The Balaban J connectivity index is 2.69. The van der Waals surface area contributed by atoms with Gasteiger partial charge in [0.2, 0.25) is 0 Å². The lowest BCUT2D eigenvalue weighted by Crippen LogP contribution is -2.40. The van der Waals surface area contributed by atoms with Gasteiger partial charge in [-0.25, -0.2) is 0 Å². The normalized spacial score (nSPS) is 15.8. The van der Waals surface area contributed by atoms with Crippen LogP contribution in [0.5, 0.6) is 0 Å². The molecule has 4 nitrogen and oxygen atoms in total. The lowest BCUT2D eigenvalue weighted by molar-refractivity contribution is 0.314. The lowest BCUT2D eigenvalue weighted by Gasteiger charge is -2.19. The van der Waals surface area contributed by atoms with Crippen LogP contribution >= 0.6 is 15.9 Å². The van der Waals surface area contributed by atoms with Gasteiger partial charge in [0.25, 0.3) is 0 Å². The number of hydrogen-bond acceptors (Lipinski definition) is 3. The van der Waals surface area contributed by atoms with Crippen molar-refractivity contribution < 1.29 is 5.21 Å². The van der Waals surface area contributed by atoms with Crippen molar-refractivity contribution in [1.29, 1.82) is 0 Å². The molecule has 1 aromatic rings. The van der Waals surface area contributed by atoms with E-state index in [-0.39, 0.29) is 17.9 Å². The summed E-state index contributed by atoms with van der Waals surface area (Å²) in [5.74, 6) is 0.182. The number of rotatable bonds is 4. The van der Waals surface area contributed by atoms with Crippen molar-refractivity contribution >= 4 is 21.8 Å². The molecule has 0 radical (unpaired) electrons. The maximum absolute atomic E-state index is 8.55. The van der Waals surface area contributed by atoms with Crippen molar-refractivity contribution in [1.82, 2.24) is 5.32 Å². The van der Waals surface area contributed by atoms with E-state index >= 15 is 0 Å². The van der Waals surface area contributed by atoms with Crippen LogP contribution in [-0.2, 0) is 0 Å². The molecule has 0 saturated heterocycles. The number of oxime groups is 1. The monoisotopic (exact) mass is 285 g/mol. The van der Waals surface area contributed by atoms with Crippen molar-refractivity contribution in [2.75, 3.05) is 0 Å². The zero-order valence-electron chi connectivity index (χ0n) is 9.31. The molecule has 16 heavy (non-hydrogen) atoms. The van der Waals surface area contributed by atoms with Crippen LogP contribution in [0.1, 0.15) is 25.5 Å². The van der Waals surface area contributed by atoms with E-state index in [4.69, 9.17) is 10.9 Å². The Morgan fingerprint density at radius 2 is 2.19 bits per heavy atom. The van der Waals surface area contributed by atoms with Gasteiger partial charge < -0.3 is 16.3 Å². The number of nitrogens with one attached hydrogen (secondary N) is 1. The van der Waals surface area contributed by atoms with Crippen LogP contribution < -0.4 is 11.1 Å². The Bertz CT molecular complexity index is 381. The highest BCUT2D eigenvalue weighted by atomic mass is 79.9. The standard InChI is InChI=1S/C11H16BrN3O/c1-7(14-8(2)11(13)15-16)9-4-3-5-10(12)6-9/h3-8,14,16H,1-2H3,(H2,13,15)/t7-,8?/m1/s1. The average molecular weight is 286 g/mol. The van der Waals surface area contributed by atoms with Gasteiger partial charge in [0.1, 0.15) is 0 Å². The van der Waals surface area contributed by atoms with Gasteiger partial charge in [0.05, 0.1) is 6.04 Å². The van der Waals surface area contributed by atoms with Crippen LogP contribution in [-0.4, -0.2) is 17.1 Å². The minimum absolute atomic E-state index is 0.132. The Hall–Kier alpha value is -1.07. The second kappa shape index (κ2) is 5.86. The highest BCUT2D eigenvalue weighted by molar-refractivity contribution is 9.10. The second-order valence-electron chi connectivity index (χ2n) is 3.69. The first-order chi connectivity index (χ1) is 7.54. The largest absolute Gasteiger partial charge is 0.409 e. The van der Waals surface area contributed by atoms with Crippen molar-refractivity contribution in [3.63, 3.8) is 0 Å². The predicted molar refractivity (Wildman–Crippen MR) is 68.6 cm³/mol. The van der Waals surface area contributed by atoms with E-state index in [1.807, 2.05) is 38.1 Å². The SMILES string of the molecule is CC(N[C@H](C)c1cccc(Br)c1)/C(N)=N/O. The molecule has 1 rings (SSSR count). The van der Waals surface area contributed by atoms with E-state index in [9.17, 15) is 0 Å². The van der Waals surface area contributed by atoms with Crippen molar-refractivity contribution in [2.45, 2.75) is 25.9 Å². The fraction of sp³-hybridized carbons (Fsp3) is 0.364. The molecular weight excluding hydrogens is 270 g/mol. The lowest BCUT2D eigenvalue weighted by atomic mass is 10.1. The summed E-state index contributed by atoms with van der Waals surface area (Å²) < 4.78 is 1.04. The summed E-state index contributed by atoms with van der Waals surface area (Å²) in [5, 5.41) is 14.8. The summed E-state index contributed by atoms with van der Waals surface area (Å²) in [6.07, 6.45) is 0. The Morgan fingerprint density at radius 1 is 1.50 bits per heavy atom. The van der Waals surface area contributed by atoms with Crippen molar-refractivity contribution in [2.24, 2.45) is 10.9 Å². The first-order valence-corrected chi connectivity index (χ1v) is 5.83. The fourth-order valence-electron chi connectivity index (χ4n) is 1.42. The zero-order valence-corrected chi connectivity index (χ0v) is 10.9. The molecule has 0 aliphatic carbocycles. The summed E-state index contributed by atoms with van der Waals surface area (Å²) >= 11 is 3.42. The summed E-state index contributed by atoms with van der Waals surface area (Å²) in [5.41, 5.74) is 6.65. The molecule has 0 aliphatic heterocycles. The predicted octanol–water partition coefficient (Wildman–Crippen LogP) is 2.23. The molecule has 1 aromatic carbocycles. The van der Waals surface area contributed by atoms with E-state index < -0.39 is 0 Å². The molecule has 0 aromatic heterocycles. The molecule has 0 aliphatic rings. The molecule has 88 valence electrons. The third-order valence-electron chi connectivity index (χ3n) is 2.41. The Labute approximate surface area is 104 Å². The maximum Gasteiger partial charge on any atom is 0.156 e. The van der Waals surface area contributed by atoms with E-state index in [0.29, 0.717) is 0 Å². The zero-order chi connectivity index (χ0) is 12.1. The van der Waals surface area contributed by atoms with Gasteiger partial charge >= 0.3 is 0 Å². The molecule has 0 saturated carbocycles. The van der Waals surface area contributed by atoms with Gasteiger partial charge in [-0.3, -0.25) is 0 Å². The smallest absolute Gasteiger partial charge is 0.156 e. The molecule has 0 fully saturated rings. The molecule has 2 atom stereocenters. The summed E-state index contributed by atoms with van der Waals surface area (Å²) in [4.78, 5) is 0. The van der Waals surface area contributed by atoms with Crippen LogP contribution in [0, 0.1) is 0 Å². The molecule has 0 amide bonds. The van der Waals surface area contributed by atoms with Gasteiger partial charge in [0.15, 0.2) is 5.84 Å². The van der Waals surface area contributed by atoms with Crippen LogP contribution in [0.15, 0.2) is 33.9 Å². The highest BCUT2D eigenvalue weighted by Crippen LogP contribution is 2.18. The van der Waals surface area contributed by atoms with Crippen LogP contribution in [0.3, 0.4) is 0 Å². The first-order valence-electron chi connectivity index (χ1n) is 5.03. The number of amidine groups is 1. The number of nitrogens with two attached hydrogens (primary N) is 1. The third-order valence-corrected chi connectivity index (χ3v) is 2.90. The topological polar surface area (TPSA) is 70.6 Å². The first kappa shape index (κ1) is 13.0. The molecule has 1 unspecified atom stereocenters. The van der Waals surface area contributed by atoms with Crippen molar-refractivity contribution in [3.8, 4) is 0 Å². The summed E-state index contributed by atoms with van der Waals surface area (Å²) in [7, 11) is 0. The summed E-state index contributed by atoms with van der Waals surface area (Å²) in [6, 6.07) is 7.99. The molecular formula is C11H16BrN3O. The van der Waals surface area contributed by atoms with E-state index in [2.05, 4.69) is 26.4 Å². The molecule has 0 heterocycles. The number of benzene rings is 1. The Kier molecular flexibility index (Phi) is 4.76. The van der Waals surface area contributed by atoms with E-state index in [1.54, 1.807) is 0 Å². The quantitative estimate of drug-likeness (QED) is 0.344. The Morgan fingerprint density at radius 3 is 2.75 bits per heavy atom. The molecule has 4 N–H and O–H groups in total. The van der Waals surface area contributed by atoms with Crippen molar-refractivity contribution in [3.05, 3.63) is 34.3 Å². The average Bonchev–Trinajstić information content (AvgIpc) is 2.27. The van der Waals surface area contributed by atoms with Gasteiger partial charge in [-0.05, 0) is 31.5 Å². The molecule has 0 bridgehead atoms. The number of halogens is 1. The van der Waals surface area contributed by atoms with E-state index in [0.717, 1.165) is 10.0 Å². The van der Waals surface area contributed by atoms with Gasteiger partial charge in [-0.2, -0.15) is 0 Å². The number of hydrogen-bond donors (Lipinski definition) is 3. The van der Waals surface area contributed by atoms with Gasteiger partial charge in [-0.15, -0.1) is 0 Å². The molecule has 0 spiro atoms. The van der Waals surface area contributed by atoms with Crippen LogP contribution in [0.2, 0.25) is 0 Å². The van der Waals surface area contributed by atoms with Gasteiger partial charge in [0, 0.05) is 10.5 Å². The minimum Gasteiger partial charge on any atom is -0.409 e. The van der Waals surface area contributed by atoms with E-state index in [1.165, 1.54) is 0 Å². The fourth-order valence-corrected chi connectivity index (χ4v) is 1.84. The third kappa shape index (κ3) is 3.50. The van der Waals surface area contributed by atoms with Crippen LogP contribution in [0.25, 0.3) is 0 Å². The molecule has 5 heteroatoms. The highest BCUT2D eigenvalue weighted by Gasteiger charge is 2.12. The number of nitrogens with zero attached hydrogens (tertiary/aromatic N) is 1. The van der Waals surface area contributed by atoms with Gasteiger partial charge in [-0.1, -0.05) is 33.2 Å².